The van der Waals surface area contributed by atoms with Gasteiger partial charge in [0.1, 0.15) is 5.82 Å². The Balaban J connectivity index is 1.49. The molecule has 1 atom stereocenters. The lowest BCUT2D eigenvalue weighted by Crippen LogP contribution is -2.40. The maximum atomic E-state index is 12.6. The van der Waals surface area contributed by atoms with Crippen LogP contribution in [0.2, 0.25) is 0 Å². The number of morpholine rings is 1. The zero-order valence-electron chi connectivity index (χ0n) is 15.2. The van der Waals surface area contributed by atoms with Gasteiger partial charge in [-0.2, -0.15) is 0 Å². The number of anilines is 1. The predicted octanol–water partition coefficient (Wildman–Crippen LogP) is 1.91. The second kappa shape index (κ2) is 9.15. The Morgan fingerprint density at radius 3 is 2.96 bits per heavy atom. The fourth-order valence-corrected chi connectivity index (χ4v) is 3.67. The summed E-state index contributed by atoms with van der Waals surface area (Å²) >= 11 is 0. The van der Waals surface area contributed by atoms with E-state index >= 15 is 0 Å². The van der Waals surface area contributed by atoms with Gasteiger partial charge in [-0.15, -0.1) is 0 Å². The molecule has 0 spiro atoms. The lowest BCUT2D eigenvalue weighted by Gasteiger charge is -2.33. The number of nitrogens with one attached hydrogen (secondary N) is 1. The molecule has 0 radical (unpaired) electrons. The molecule has 1 aromatic heterocycles. The van der Waals surface area contributed by atoms with Gasteiger partial charge in [-0.25, -0.2) is 4.98 Å². The number of hydrogen-bond donors (Lipinski definition) is 1. The van der Waals surface area contributed by atoms with E-state index in [1.165, 1.54) is 25.8 Å². The van der Waals surface area contributed by atoms with Crippen molar-refractivity contribution in [3.63, 3.8) is 0 Å². The number of pyridine rings is 1. The molecule has 1 N–H and O–H groups in total. The highest BCUT2D eigenvalue weighted by Crippen LogP contribution is 2.19. The summed E-state index contributed by atoms with van der Waals surface area (Å²) in [5, 5.41) is 3.07. The molecule has 25 heavy (non-hydrogen) atoms. The van der Waals surface area contributed by atoms with Crippen LogP contribution in [0, 0.1) is 0 Å². The molecule has 2 aliphatic heterocycles. The number of carbonyl (C=O) groups excluding carboxylic acids is 1. The minimum Gasteiger partial charge on any atom is -0.378 e. The van der Waals surface area contributed by atoms with Crippen molar-refractivity contribution in [3.05, 3.63) is 23.9 Å². The summed E-state index contributed by atoms with van der Waals surface area (Å²) in [4.78, 5) is 21.7. The van der Waals surface area contributed by atoms with Crippen molar-refractivity contribution in [1.82, 2.24) is 15.2 Å². The normalized spacial score (nSPS) is 22.0. The topological polar surface area (TPSA) is 57.7 Å². The average Bonchev–Trinajstić information content (AvgIpc) is 2.67. The first kappa shape index (κ1) is 18.1. The number of likely N-dealkylation sites (tertiary alicyclic amines) is 1. The maximum Gasteiger partial charge on any atom is 0.255 e. The highest BCUT2D eigenvalue weighted by Gasteiger charge is 2.20. The van der Waals surface area contributed by atoms with Crippen LogP contribution < -0.4 is 10.2 Å². The van der Waals surface area contributed by atoms with Gasteiger partial charge >= 0.3 is 0 Å². The number of hydrogen-bond acceptors (Lipinski definition) is 5. The molecule has 2 aliphatic rings. The highest BCUT2D eigenvalue weighted by atomic mass is 16.5. The van der Waals surface area contributed by atoms with Gasteiger partial charge in [-0.05, 0) is 44.9 Å². The first-order valence-corrected chi connectivity index (χ1v) is 9.55. The molecule has 6 heteroatoms. The number of ether oxygens (including phenoxy) is 1. The smallest absolute Gasteiger partial charge is 0.255 e. The Kier molecular flexibility index (Phi) is 6.64. The molecule has 0 bridgehead atoms. The Morgan fingerprint density at radius 1 is 1.32 bits per heavy atom. The van der Waals surface area contributed by atoms with Gasteiger partial charge in [0.25, 0.3) is 5.91 Å². The number of nitrogens with zero attached hydrogens (tertiary/aromatic N) is 3. The Bertz CT molecular complexity index is 560. The molecule has 0 aromatic carbocycles. The first-order valence-electron chi connectivity index (χ1n) is 9.55. The first-order chi connectivity index (χ1) is 12.3. The number of aromatic nitrogens is 1. The Hall–Kier alpha value is -1.66. The van der Waals surface area contributed by atoms with Crippen LogP contribution in [-0.4, -0.2) is 67.8 Å². The quantitative estimate of drug-likeness (QED) is 0.798. The van der Waals surface area contributed by atoms with E-state index in [0.717, 1.165) is 31.9 Å². The van der Waals surface area contributed by atoms with Crippen LogP contribution in [-0.2, 0) is 4.74 Å². The largest absolute Gasteiger partial charge is 0.378 e. The van der Waals surface area contributed by atoms with Crippen LogP contribution in [0.25, 0.3) is 0 Å². The van der Waals surface area contributed by atoms with Gasteiger partial charge in [0.15, 0.2) is 0 Å². The molecule has 2 fully saturated rings. The Labute approximate surface area is 150 Å². The van der Waals surface area contributed by atoms with Crippen LogP contribution in [0.5, 0.6) is 0 Å². The standard InChI is InChI=1S/C19H30N4O2/c1-16-6-2-3-10-22(16)11-5-9-21-19(24)17-7-4-8-20-18(17)23-12-14-25-15-13-23/h4,7-8,16H,2-3,5-6,9-15H2,1H3,(H,21,24). The Morgan fingerprint density at radius 2 is 2.16 bits per heavy atom. The number of rotatable bonds is 6. The molecule has 1 unspecified atom stereocenters. The van der Waals surface area contributed by atoms with Crippen LogP contribution in [0.15, 0.2) is 18.3 Å². The summed E-state index contributed by atoms with van der Waals surface area (Å²) in [6.45, 7) is 8.21. The van der Waals surface area contributed by atoms with Gasteiger partial charge in [0, 0.05) is 38.4 Å². The zero-order chi connectivity index (χ0) is 17.5. The van der Waals surface area contributed by atoms with E-state index in [9.17, 15) is 4.79 Å². The fourth-order valence-electron chi connectivity index (χ4n) is 3.67. The van der Waals surface area contributed by atoms with Gasteiger partial charge in [-0.3, -0.25) is 4.79 Å². The second-order valence-electron chi connectivity index (χ2n) is 6.96. The van der Waals surface area contributed by atoms with Crippen molar-refractivity contribution in [3.8, 4) is 0 Å². The molecule has 6 nitrogen and oxygen atoms in total. The van der Waals surface area contributed by atoms with Crippen LogP contribution in [0.3, 0.4) is 0 Å². The van der Waals surface area contributed by atoms with E-state index in [1.54, 1.807) is 6.20 Å². The molecule has 0 aliphatic carbocycles. The third kappa shape index (κ3) is 4.92. The van der Waals surface area contributed by atoms with Crippen LogP contribution in [0.1, 0.15) is 43.0 Å². The molecule has 2 saturated heterocycles. The fraction of sp³-hybridized carbons (Fsp3) is 0.684. The molecule has 138 valence electrons. The number of amides is 1. The van der Waals surface area contributed by atoms with Gasteiger partial charge in [0.05, 0.1) is 18.8 Å². The van der Waals surface area contributed by atoms with Crippen molar-refractivity contribution < 1.29 is 9.53 Å². The third-order valence-corrected chi connectivity index (χ3v) is 5.19. The lowest BCUT2D eigenvalue weighted by atomic mass is 10.0. The molecular formula is C19H30N4O2. The monoisotopic (exact) mass is 346 g/mol. The summed E-state index contributed by atoms with van der Waals surface area (Å²) in [5.74, 6) is 0.745. The summed E-state index contributed by atoms with van der Waals surface area (Å²) in [6.07, 6.45) is 6.68. The predicted molar refractivity (Wildman–Crippen MR) is 99.1 cm³/mol. The molecular weight excluding hydrogens is 316 g/mol. The van der Waals surface area contributed by atoms with E-state index in [4.69, 9.17) is 4.74 Å². The summed E-state index contributed by atoms with van der Waals surface area (Å²) < 4.78 is 5.39. The molecule has 1 aromatic rings. The van der Waals surface area contributed by atoms with Crippen LogP contribution in [0.4, 0.5) is 5.82 Å². The maximum absolute atomic E-state index is 12.6. The van der Waals surface area contributed by atoms with Crippen molar-refractivity contribution in [1.29, 1.82) is 0 Å². The highest BCUT2D eigenvalue weighted by molar-refractivity contribution is 5.98. The lowest BCUT2D eigenvalue weighted by molar-refractivity contribution is 0.0947. The molecule has 0 saturated carbocycles. The van der Waals surface area contributed by atoms with Crippen molar-refractivity contribution in [2.24, 2.45) is 0 Å². The van der Waals surface area contributed by atoms with Gasteiger partial charge in [0.2, 0.25) is 0 Å². The minimum absolute atomic E-state index is 0.0266. The number of piperidine rings is 1. The van der Waals surface area contributed by atoms with E-state index in [-0.39, 0.29) is 5.91 Å². The molecule has 3 heterocycles. The SMILES string of the molecule is CC1CCCCN1CCCNC(=O)c1cccnc1N1CCOCC1. The zero-order valence-corrected chi connectivity index (χ0v) is 15.2. The van der Waals surface area contributed by atoms with Gasteiger partial charge < -0.3 is 19.9 Å². The minimum atomic E-state index is -0.0266. The van der Waals surface area contributed by atoms with E-state index in [1.807, 2.05) is 12.1 Å². The summed E-state index contributed by atoms with van der Waals surface area (Å²) in [7, 11) is 0. The number of carbonyl (C=O) groups is 1. The van der Waals surface area contributed by atoms with Gasteiger partial charge in [-0.1, -0.05) is 6.42 Å². The molecule has 1 amide bonds. The van der Waals surface area contributed by atoms with Crippen LogP contribution >= 0.6 is 0 Å². The van der Waals surface area contributed by atoms with E-state index in [2.05, 4.69) is 27.0 Å². The average molecular weight is 346 g/mol. The summed E-state index contributed by atoms with van der Waals surface area (Å²) in [5.41, 5.74) is 0.663. The van der Waals surface area contributed by atoms with E-state index in [0.29, 0.717) is 31.4 Å². The van der Waals surface area contributed by atoms with Crippen molar-refractivity contribution in [2.75, 3.05) is 50.8 Å². The molecule has 3 rings (SSSR count). The summed E-state index contributed by atoms with van der Waals surface area (Å²) in [6, 6.07) is 4.37. The van der Waals surface area contributed by atoms with E-state index < -0.39 is 0 Å². The van der Waals surface area contributed by atoms with Crippen molar-refractivity contribution >= 4 is 11.7 Å². The van der Waals surface area contributed by atoms with Crippen molar-refractivity contribution in [2.45, 2.75) is 38.6 Å². The third-order valence-electron chi connectivity index (χ3n) is 5.19. The second-order valence-corrected chi connectivity index (χ2v) is 6.96.